The van der Waals surface area contributed by atoms with Gasteiger partial charge in [0.1, 0.15) is 0 Å². The Balaban J connectivity index is 1.99. The summed E-state index contributed by atoms with van der Waals surface area (Å²) in [5.74, 6) is -0.121. The van der Waals surface area contributed by atoms with Gasteiger partial charge in [-0.05, 0) is 26.0 Å². The van der Waals surface area contributed by atoms with Crippen LogP contribution in [0, 0.1) is 0 Å². The van der Waals surface area contributed by atoms with E-state index in [1.807, 2.05) is 6.07 Å². The second kappa shape index (κ2) is 6.63. The summed E-state index contributed by atoms with van der Waals surface area (Å²) in [5, 5.41) is 6.13. The first-order chi connectivity index (χ1) is 9.58. The summed E-state index contributed by atoms with van der Waals surface area (Å²) in [5.41, 5.74) is 1.14. The molecule has 2 rings (SSSR count). The highest BCUT2D eigenvalue weighted by Gasteiger charge is 2.20. The van der Waals surface area contributed by atoms with Crippen molar-refractivity contribution in [3.05, 3.63) is 29.8 Å². The van der Waals surface area contributed by atoms with Crippen molar-refractivity contribution in [2.45, 2.75) is 19.9 Å². The predicted octanol–water partition coefficient (Wildman–Crippen LogP) is 1.12. The van der Waals surface area contributed by atoms with Crippen LogP contribution in [0.25, 0.3) is 0 Å². The summed E-state index contributed by atoms with van der Waals surface area (Å²) >= 11 is 0. The van der Waals surface area contributed by atoms with Crippen molar-refractivity contribution < 1.29 is 9.59 Å². The Kier molecular flexibility index (Phi) is 4.87. The Hall–Kier alpha value is -1.72. The van der Waals surface area contributed by atoms with Gasteiger partial charge in [-0.1, -0.05) is 12.1 Å². The second-order valence-corrected chi connectivity index (χ2v) is 5.17. The van der Waals surface area contributed by atoms with E-state index in [4.69, 9.17) is 0 Å². The average molecular weight is 275 g/mol. The summed E-state index contributed by atoms with van der Waals surface area (Å²) in [6.45, 7) is 6.63. The van der Waals surface area contributed by atoms with Gasteiger partial charge in [-0.15, -0.1) is 0 Å². The van der Waals surface area contributed by atoms with E-state index in [0.717, 1.165) is 19.6 Å². The normalized spacial score (nSPS) is 19.6. The zero-order chi connectivity index (χ0) is 14.5. The number of para-hydroxylation sites is 1. The Labute approximate surface area is 119 Å². The van der Waals surface area contributed by atoms with E-state index in [9.17, 15) is 9.59 Å². The maximum atomic E-state index is 12.1. The lowest BCUT2D eigenvalue weighted by Gasteiger charge is -2.33. The maximum Gasteiger partial charge on any atom is 0.238 e. The number of rotatable bonds is 4. The summed E-state index contributed by atoms with van der Waals surface area (Å²) in [4.78, 5) is 25.8. The molecule has 1 aliphatic rings. The second-order valence-electron chi connectivity index (χ2n) is 5.17. The van der Waals surface area contributed by atoms with Crippen LogP contribution in [0.3, 0.4) is 0 Å². The molecule has 1 fully saturated rings. The largest absolute Gasteiger partial charge is 0.324 e. The van der Waals surface area contributed by atoms with Crippen molar-refractivity contribution >= 4 is 17.4 Å². The number of amides is 1. The number of nitrogens with zero attached hydrogens (tertiary/aromatic N) is 1. The molecule has 0 unspecified atom stereocenters. The minimum atomic E-state index is -0.0764. The molecule has 0 radical (unpaired) electrons. The Morgan fingerprint density at radius 2 is 2.15 bits per heavy atom. The number of Topliss-reactive ketones (excluding diaryl/α,β-unsaturated/α-hetero) is 1. The molecule has 1 amide bonds. The van der Waals surface area contributed by atoms with E-state index >= 15 is 0 Å². The zero-order valence-corrected chi connectivity index (χ0v) is 12.0. The van der Waals surface area contributed by atoms with Crippen LogP contribution in [0.2, 0.25) is 0 Å². The molecule has 0 aliphatic carbocycles. The Morgan fingerprint density at radius 1 is 1.40 bits per heavy atom. The molecule has 0 bridgehead atoms. The zero-order valence-electron chi connectivity index (χ0n) is 12.0. The standard InChI is InChI=1S/C15H21N3O2/c1-11-9-16-7-8-18(11)10-15(20)17-14-6-4-3-5-13(14)12(2)19/h3-6,11,16H,7-10H2,1-2H3,(H,17,20)/t11-/m0/s1. The topological polar surface area (TPSA) is 61.4 Å². The number of hydrogen-bond donors (Lipinski definition) is 2. The van der Waals surface area contributed by atoms with Gasteiger partial charge in [-0.3, -0.25) is 14.5 Å². The van der Waals surface area contributed by atoms with Gasteiger partial charge in [-0.25, -0.2) is 0 Å². The van der Waals surface area contributed by atoms with Gasteiger partial charge in [0.2, 0.25) is 5.91 Å². The van der Waals surface area contributed by atoms with Crippen LogP contribution >= 0.6 is 0 Å². The first-order valence-corrected chi connectivity index (χ1v) is 6.92. The van der Waals surface area contributed by atoms with Crippen LogP contribution < -0.4 is 10.6 Å². The average Bonchev–Trinajstić information content (AvgIpc) is 2.41. The Morgan fingerprint density at radius 3 is 2.85 bits per heavy atom. The molecule has 5 nitrogen and oxygen atoms in total. The summed E-state index contributed by atoms with van der Waals surface area (Å²) in [6, 6.07) is 7.44. The molecule has 1 saturated heterocycles. The minimum absolute atomic E-state index is 0.0450. The number of hydrogen-bond acceptors (Lipinski definition) is 4. The minimum Gasteiger partial charge on any atom is -0.324 e. The van der Waals surface area contributed by atoms with Crippen LogP contribution in [0.15, 0.2) is 24.3 Å². The van der Waals surface area contributed by atoms with Gasteiger partial charge in [0.15, 0.2) is 5.78 Å². The lowest BCUT2D eigenvalue weighted by molar-refractivity contribution is -0.118. The van der Waals surface area contributed by atoms with Gasteiger partial charge in [0.05, 0.1) is 12.2 Å². The fourth-order valence-electron chi connectivity index (χ4n) is 2.39. The summed E-state index contributed by atoms with van der Waals surface area (Å²) < 4.78 is 0. The molecule has 1 heterocycles. The van der Waals surface area contributed by atoms with E-state index < -0.39 is 0 Å². The number of benzene rings is 1. The monoisotopic (exact) mass is 275 g/mol. The number of nitrogens with one attached hydrogen (secondary N) is 2. The van der Waals surface area contributed by atoms with Gasteiger partial charge in [0.25, 0.3) is 0 Å². The molecule has 20 heavy (non-hydrogen) atoms. The van der Waals surface area contributed by atoms with E-state index in [2.05, 4.69) is 22.5 Å². The van der Waals surface area contributed by atoms with E-state index in [-0.39, 0.29) is 11.7 Å². The highest BCUT2D eigenvalue weighted by atomic mass is 16.2. The number of ketones is 1. The number of carbonyl (C=O) groups excluding carboxylic acids is 2. The fourth-order valence-corrected chi connectivity index (χ4v) is 2.39. The van der Waals surface area contributed by atoms with Gasteiger partial charge in [-0.2, -0.15) is 0 Å². The Bertz CT molecular complexity index is 502. The molecule has 2 N–H and O–H groups in total. The highest BCUT2D eigenvalue weighted by molar-refractivity contribution is 6.04. The number of anilines is 1. The molecule has 1 aromatic carbocycles. The SMILES string of the molecule is CC(=O)c1ccccc1NC(=O)CN1CCNC[C@@H]1C. The van der Waals surface area contributed by atoms with Crippen molar-refractivity contribution in [3.8, 4) is 0 Å². The van der Waals surface area contributed by atoms with Gasteiger partial charge in [0, 0.05) is 31.2 Å². The van der Waals surface area contributed by atoms with Crippen LogP contribution in [-0.2, 0) is 4.79 Å². The third kappa shape index (κ3) is 3.65. The third-order valence-corrected chi connectivity index (χ3v) is 3.57. The van der Waals surface area contributed by atoms with Crippen molar-refractivity contribution in [3.63, 3.8) is 0 Å². The van der Waals surface area contributed by atoms with Crippen molar-refractivity contribution in [1.82, 2.24) is 10.2 Å². The molecular formula is C15H21N3O2. The number of carbonyl (C=O) groups is 2. The van der Waals surface area contributed by atoms with Crippen LogP contribution in [0.1, 0.15) is 24.2 Å². The van der Waals surface area contributed by atoms with E-state index in [1.54, 1.807) is 18.2 Å². The predicted molar refractivity (Wildman–Crippen MR) is 79.0 cm³/mol. The lowest BCUT2D eigenvalue weighted by Crippen LogP contribution is -2.52. The van der Waals surface area contributed by atoms with Gasteiger partial charge >= 0.3 is 0 Å². The molecule has 1 atom stereocenters. The molecule has 1 aliphatic heterocycles. The molecule has 108 valence electrons. The molecule has 0 aromatic heterocycles. The summed E-state index contributed by atoms with van der Waals surface area (Å²) in [7, 11) is 0. The first kappa shape index (κ1) is 14.7. The van der Waals surface area contributed by atoms with E-state index in [1.165, 1.54) is 6.92 Å². The lowest BCUT2D eigenvalue weighted by atomic mass is 10.1. The summed E-state index contributed by atoms with van der Waals surface area (Å²) in [6.07, 6.45) is 0. The first-order valence-electron chi connectivity index (χ1n) is 6.92. The smallest absolute Gasteiger partial charge is 0.238 e. The van der Waals surface area contributed by atoms with E-state index in [0.29, 0.717) is 23.8 Å². The van der Waals surface area contributed by atoms with Gasteiger partial charge < -0.3 is 10.6 Å². The molecular weight excluding hydrogens is 254 g/mol. The molecule has 1 aromatic rings. The number of piperazine rings is 1. The third-order valence-electron chi connectivity index (χ3n) is 3.57. The van der Waals surface area contributed by atoms with Crippen LogP contribution in [0.4, 0.5) is 5.69 Å². The quantitative estimate of drug-likeness (QED) is 0.808. The van der Waals surface area contributed by atoms with Crippen LogP contribution in [0.5, 0.6) is 0 Å². The van der Waals surface area contributed by atoms with Crippen molar-refractivity contribution in [2.75, 3.05) is 31.5 Å². The highest BCUT2D eigenvalue weighted by Crippen LogP contribution is 2.15. The fraction of sp³-hybridized carbons (Fsp3) is 0.467. The molecule has 0 spiro atoms. The van der Waals surface area contributed by atoms with Crippen molar-refractivity contribution in [2.24, 2.45) is 0 Å². The maximum absolute atomic E-state index is 12.1. The van der Waals surface area contributed by atoms with Crippen molar-refractivity contribution in [1.29, 1.82) is 0 Å². The van der Waals surface area contributed by atoms with Crippen LogP contribution in [-0.4, -0.2) is 48.8 Å². The molecule has 0 saturated carbocycles. The molecule has 5 heteroatoms.